The number of nitrogens with two attached hydrogens (primary N) is 1. The van der Waals surface area contributed by atoms with Gasteiger partial charge < -0.3 is 16.2 Å². The summed E-state index contributed by atoms with van der Waals surface area (Å²) in [5.41, 5.74) is 5.29. The quantitative estimate of drug-likeness (QED) is 0.528. The number of carbonyl (C=O) groups excluding carboxylic acids is 1. The number of hydrogen-bond acceptors (Lipinski definition) is 3. The van der Waals surface area contributed by atoms with Gasteiger partial charge in [-0.05, 0) is 25.3 Å². The fourth-order valence-electron chi connectivity index (χ4n) is 1.24. The molecular formula is C10H22N2O2. The maximum absolute atomic E-state index is 11.2. The molecular weight excluding hydrogens is 180 g/mol. The molecule has 84 valence electrons. The maximum atomic E-state index is 11.2. The Kier molecular flexibility index (Phi) is 8.57. The van der Waals surface area contributed by atoms with Crippen LogP contribution in [-0.2, 0) is 4.79 Å². The Hall–Kier alpha value is -0.610. The zero-order valence-corrected chi connectivity index (χ0v) is 8.96. The molecule has 14 heavy (non-hydrogen) atoms. The summed E-state index contributed by atoms with van der Waals surface area (Å²) in [7, 11) is 0. The van der Waals surface area contributed by atoms with E-state index in [9.17, 15) is 4.79 Å². The minimum atomic E-state index is 0.0619. The van der Waals surface area contributed by atoms with Crippen molar-refractivity contribution in [2.24, 2.45) is 11.7 Å². The minimum Gasteiger partial charge on any atom is -0.396 e. The third kappa shape index (κ3) is 6.86. The van der Waals surface area contributed by atoms with Gasteiger partial charge in [0.2, 0.25) is 5.91 Å². The molecule has 0 fully saturated rings. The van der Waals surface area contributed by atoms with Gasteiger partial charge in [-0.1, -0.05) is 13.3 Å². The first-order chi connectivity index (χ1) is 6.74. The van der Waals surface area contributed by atoms with E-state index in [1.165, 1.54) is 0 Å². The molecule has 1 atom stereocenters. The molecule has 4 N–H and O–H groups in total. The SMILES string of the molecule is CCC(CCO)CNC(=O)CCCN. The van der Waals surface area contributed by atoms with Crippen LogP contribution in [0.3, 0.4) is 0 Å². The highest BCUT2D eigenvalue weighted by atomic mass is 16.3. The first-order valence-corrected chi connectivity index (χ1v) is 5.32. The molecule has 0 aromatic heterocycles. The van der Waals surface area contributed by atoms with E-state index < -0.39 is 0 Å². The van der Waals surface area contributed by atoms with Gasteiger partial charge in [0.1, 0.15) is 0 Å². The molecule has 0 aromatic rings. The molecule has 0 aliphatic rings. The van der Waals surface area contributed by atoms with Crippen LogP contribution in [0.4, 0.5) is 0 Å². The van der Waals surface area contributed by atoms with Crippen LogP contribution in [0.25, 0.3) is 0 Å². The van der Waals surface area contributed by atoms with Gasteiger partial charge in [0, 0.05) is 19.6 Å². The van der Waals surface area contributed by atoms with Crippen molar-refractivity contribution in [3.05, 3.63) is 0 Å². The highest BCUT2D eigenvalue weighted by molar-refractivity contribution is 5.75. The largest absolute Gasteiger partial charge is 0.396 e. The van der Waals surface area contributed by atoms with Crippen LogP contribution in [0, 0.1) is 5.92 Å². The summed E-state index contributed by atoms with van der Waals surface area (Å²) in [5, 5.41) is 11.6. The molecule has 0 bridgehead atoms. The molecule has 0 aromatic carbocycles. The summed E-state index contributed by atoms with van der Waals surface area (Å²) in [6.07, 6.45) is 2.99. The monoisotopic (exact) mass is 202 g/mol. The molecule has 4 heteroatoms. The maximum Gasteiger partial charge on any atom is 0.220 e. The smallest absolute Gasteiger partial charge is 0.220 e. The van der Waals surface area contributed by atoms with E-state index in [1.54, 1.807) is 0 Å². The van der Waals surface area contributed by atoms with E-state index in [-0.39, 0.29) is 12.5 Å². The van der Waals surface area contributed by atoms with E-state index in [1.807, 2.05) is 0 Å². The van der Waals surface area contributed by atoms with E-state index in [4.69, 9.17) is 10.8 Å². The second-order valence-corrected chi connectivity index (χ2v) is 3.48. The fraction of sp³-hybridized carbons (Fsp3) is 0.900. The lowest BCUT2D eigenvalue weighted by Gasteiger charge is -2.13. The van der Waals surface area contributed by atoms with Gasteiger partial charge in [-0.15, -0.1) is 0 Å². The normalized spacial score (nSPS) is 12.5. The first-order valence-electron chi connectivity index (χ1n) is 5.32. The van der Waals surface area contributed by atoms with Crippen LogP contribution in [0.5, 0.6) is 0 Å². The number of amides is 1. The highest BCUT2D eigenvalue weighted by Crippen LogP contribution is 2.05. The van der Waals surface area contributed by atoms with Crippen molar-refractivity contribution in [2.75, 3.05) is 19.7 Å². The molecule has 0 heterocycles. The number of nitrogens with one attached hydrogen (secondary N) is 1. The van der Waals surface area contributed by atoms with E-state index >= 15 is 0 Å². The molecule has 1 amide bonds. The molecule has 4 nitrogen and oxygen atoms in total. The average molecular weight is 202 g/mol. The van der Waals surface area contributed by atoms with Crippen molar-refractivity contribution in [1.82, 2.24) is 5.32 Å². The molecule has 0 spiro atoms. The van der Waals surface area contributed by atoms with Gasteiger partial charge in [-0.25, -0.2) is 0 Å². The summed E-state index contributed by atoms with van der Waals surface area (Å²) >= 11 is 0. The van der Waals surface area contributed by atoms with E-state index in [0.717, 1.165) is 19.3 Å². The Bertz CT molecular complexity index is 151. The van der Waals surface area contributed by atoms with E-state index in [2.05, 4.69) is 12.2 Å². The van der Waals surface area contributed by atoms with Crippen LogP contribution in [0.2, 0.25) is 0 Å². The van der Waals surface area contributed by atoms with Gasteiger partial charge in [-0.3, -0.25) is 4.79 Å². The predicted octanol–water partition coefficient (Wildman–Crippen LogP) is 0.250. The van der Waals surface area contributed by atoms with Crippen molar-refractivity contribution in [1.29, 1.82) is 0 Å². The summed E-state index contributed by atoms with van der Waals surface area (Å²) in [5.74, 6) is 0.452. The van der Waals surface area contributed by atoms with Gasteiger partial charge in [0.05, 0.1) is 0 Å². The number of rotatable bonds is 8. The zero-order chi connectivity index (χ0) is 10.8. The Balaban J connectivity index is 3.52. The lowest BCUT2D eigenvalue weighted by molar-refractivity contribution is -0.121. The molecule has 0 aliphatic carbocycles. The lowest BCUT2D eigenvalue weighted by Crippen LogP contribution is -2.29. The topological polar surface area (TPSA) is 75.3 Å². The van der Waals surface area contributed by atoms with Crippen molar-refractivity contribution >= 4 is 5.91 Å². The van der Waals surface area contributed by atoms with Crippen LogP contribution >= 0.6 is 0 Å². The molecule has 1 unspecified atom stereocenters. The van der Waals surface area contributed by atoms with Gasteiger partial charge in [0.25, 0.3) is 0 Å². The van der Waals surface area contributed by atoms with Crippen molar-refractivity contribution in [3.63, 3.8) is 0 Å². The molecule has 0 radical (unpaired) electrons. The van der Waals surface area contributed by atoms with Crippen LogP contribution < -0.4 is 11.1 Å². The Morgan fingerprint density at radius 3 is 2.79 bits per heavy atom. The minimum absolute atomic E-state index is 0.0619. The third-order valence-electron chi connectivity index (χ3n) is 2.31. The van der Waals surface area contributed by atoms with Gasteiger partial charge in [-0.2, -0.15) is 0 Å². The number of aliphatic hydroxyl groups excluding tert-OH is 1. The van der Waals surface area contributed by atoms with Gasteiger partial charge in [0.15, 0.2) is 0 Å². The lowest BCUT2D eigenvalue weighted by atomic mass is 10.0. The average Bonchev–Trinajstić information content (AvgIpc) is 2.21. The highest BCUT2D eigenvalue weighted by Gasteiger charge is 2.07. The number of hydrogen-bond donors (Lipinski definition) is 3. The van der Waals surface area contributed by atoms with Gasteiger partial charge >= 0.3 is 0 Å². The van der Waals surface area contributed by atoms with Crippen molar-refractivity contribution in [3.8, 4) is 0 Å². The predicted molar refractivity (Wildman–Crippen MR) is 56.8 cm³/mol. The van der Waals surface area contributed by atoms with Crippen LogP contribution in [0.1, 0.15) is 32.6 Å². The van der Waals surface area contributed by atoms with Crippen molar-refractivity contribution in [2.45, 2.75) is 32.6 Å². The van der Waals surface area contributed by atoms with E-state index in [0.29, 0.717) is 25.4 Å². The summed E-state index contributed by atoms with van der Waals surface area (Å²) in [6, 6.07) is 0. The molecule has 0 saturated heterocycles. The first kappa shape index (κ1) is 13.4. The summed E-state index contributed by atoms with van der Waals surface area (Å²) in [6.45, 7) is 3.48. The summed E-state index contributed by atoms with van der Waals surface area (Å²) in [4.78, 5) is 11.2. The fourth-order valence-corrected chi connectivity index (χ4v) is 1.24. The zero-order valence-electron chi connectivity index (χ0n) is 8.96. The Morgan fingerprint density at radius 2 is 2.29 bits per heavy atom. The molecule has 0 rings (SSSR count). The molecule has 0 saturated carbocycles. The van der Waals surface area contributed by atoms with Crippen LogP contribution in [-0.4, -0.2) is 30.7 Å². The Morgan fingerprint density at radius 1 is 1.57 bits per heavy atom. The second-order valence-electron chi connectivity index (χ2n) is 3.48. The standard InChI is InChI=1S/C10H22N2O2/c1-2-9(5-7-13)8-12-10(14)4-3-6-11/h9,13H,2-8,11H2,1H3,(H,12,14). The number of aliphatic hydroxyl groups is 1. The number of carbonyl (C=O) groups is 1. The van der Waals surface area contributed by atoms with Crippen LogP contribution in [0.15, 0.2) is 0 Å². The molecule has 0 aliphatic heterocycles. The third-order valence-corrected chi connectivity index (χ3v) is 2.31. The second kappa shape index (κ2) is 8.97. The Labute approximate surface area is 85.9 Å². The summed E-state index contributed by atoms with van der Waals surface area (Å²) < 4.78 is 0. The van der Waals surface area contributed by atoms with Crippen molar-refractivity contribution < 1.29 is 9.90 Å².